The molecule has 1 heterocycles. The molecule has 4 heteroatoms. The Morgan fingerprint density at radius 2 is 2.21 bits per heavy atom. The van der Waals surface area contributed by atoms with Gasteiger partial charge >= 0.3 is 0 Å². The van der Waals surface area contributed by atoms with Crippen molar-refractivity contribution in [3.63, 3.8) is 0 Å². The summed E-state index contributed by atoms with van der Waals surface area (Å²) in [6.45, 7) is 7.32. The minimum absolute atomic E-state index is 0.0342. The molecule has 1 aromatic rings. The van der Waals surface area contributed by atoms with E-state index in [9.17, 15) is 4.79 Å². The molecule has 1 aromatic carbocycles. The van der Waals surface area contributed by atoms with E-state index < -0.39 is 6.10 Å². The summed E-state index contributed by atoms with van der Waals surface area (Å²) in [5, 5.41) is 0. The average Bonchev–Trinajstić information content (AvgIpc) is 2.48. The molecule has 4 nitrogen and oxygen atoms in total. The third-order valence-electron chi connectivity index (χ3n) is 3.18. The van der Waals surface area contributed by atoms with Gasteiger partial charge in [-0.1, -0.05) is 26.0 Å². The maximum Gasteiger partial charge on any atom is 0.263 e. The highest BCUT2D eigenvalue weighted by molar-refractivity contribution is 5.82. The molecule has 1 aliphatic rings. The lowest BCUT2D eigenvalue weighted by Gasteiger charge is -2.23. The fourth-order valence-corrected chi connectivity index (χ4v) is 2.34. The molecule has 1 amide bonds. The first-order valence-electron chi connectivity index (χ1n) is 6.64. The largest absolute Gasteiger partial charge is 0.493 e. The minimum atomic E-state index is -0.476. The fourth-order valence-electron chi connectivity index (χ4n) is 2.34. The number of ether oxygens (including phenoxy) is 2. The lowest BCUT2D eigenvalue weighted by molar-refractivity contribution is -0.138. The standard InChI is InChI=1S/C15H21NO3/c1-10(2)8-16-9-12-6-5-7-13(18-4)14(12)19-11(3)15(16)17/h5-7,10-11H,8-9H2,1-4H3/t11-/m0/s1. The van der Waals surface area contributed by atoms with Crippen molar-refractivity contribution in [2.45, 2.75) is 33.4 Å². The first-order valence-corrected chi connectivity index (χ1v) is 6.64. The van der Waals surface area contributed by atoms with Crippen molar-refractivity contribution < 1.29 is 14.3 Å². The van der Waals surface area contributed by atoms with Gasteiger partial charge in [0.2, 0.25) is 0 Å². The van der Waals surface area contributed by atoms with Crippen LogP contribution in [0.2, 0.25) is 0 Å². The Hall–Kier alpha value is -1.71. The molecular formula is C15H21NO3. The van der Waals surface area contributed by atoms with Crippen molar-refractivity contribution in [2.24, 2.45) is 5.92 Å². The van der Waals surface area contributed by atoms with Crippen molar-refractivity contribution in [1.29, 1.82) is 0 Å². The maximum atomic E-state index is 12.3. The van der Waals surface area contributed by atoms with Crippen LogP contribution in [0.3, 0.4) is 0 Å². The molecule has 0 saturated carbocycles. The summed E-state index contributed by atoms with van der Waals surface area (Å²) >= 11 is 0. The van der Waals surface area contributed by atoms with E-state index >= 15 is 0 Å². The number of nitrogens with zero attached hydrogens (tertiary/aromatic N) is 1. The normalized spacial score (nSPS) is 18.9. The molecule has 104 valence electrons. The van der Waals surface area contributed by atoms with Gasteiger partial charge in [-0.2, -0.15) is 0 Å². The third-order valence-corrected chi connectivity index (χ3v) is 3.18. The van der Waals surface area contributed by atoms with Crippen LogP contribution in [0.25, 0.3) is 0 Å². The van der Waals surface area contributed by atoms with E-state index in [0.717, 1.165) is 12.1 Å². The predicted octanol–water partition coefficient (Wildman–Crippen LogP) is 2.46. The molecule has 0 N–H and O–H groups in total. The number of fused-ring (bicyclic) bond motifs is 1. The number of rotatable bonds is 3. The van der Waals surface area contributed by atoms with E-state index in [1.807, 2.05) is 23.1 Å². The van der Waals surface area contributed by atoms with Crippen LogP contribution in [-0.4, -0.2) is 30.6 Å². The smallest absolute Gasteiger partial charge is 0.263 e. The van der Waals surface area contributed by atoms with E-state index in [0.29, 0.717) is 24.0 Å². The molecule has 0 bridgehead atoms. The second kappa shape index (κ2) is 5.51. The summed E-state index contributed by atoms with van der Waals surface area (Å²) in [6.07, 6.45) is -0.476. The summed E-state index contributed by atoms with van der Waals surface area (Å²) in [5.74, 6) is 1.84. The number of hydrogen-bond donors (Lipinski definition) is 0. The highest BCUT2D eigenvalue weighted by atomic mass is 16.5. The second-order valence-electron chi connectivity index (χ2n) is 5.32. The zero-order valence-electron chi connectivity index (χ0n) is 12.0. The van der Waals surface area contributed by atoms with Crippen LogP contribution in [-0.2, 0) is 11.3 Å². The number of benzene rings is 1. The monoisotopic (exact) mass is 263 g/mol. The average molecular weight is 263 g/mol. The Morgan fingerprint density at radius 3 is 2.84 bits per heavy atom. The number of hydrogen-bond acceptors (Lipinski definition) is 3. The predicted molar refractivity (Wildman–Crippen MR) is 73.3 cm³/mol. The number of carbonyl (C=O) groups excluding carboxylic acids is 1. The summed E-state index contributed by atoms with van der Waals surface area (Å²) in [7, 11) is 1.61. The van der Waals surface area contributed by atoms with Crippen LogP contribution in [0.4, 0.5) is 0 Å². The Kier molecular flexibility index (Phi) is 3.98. The van der Waals surface area contributed by atoms with Gasteiger partial charge in [0.15, 0.2) is 17.6 Å². The van der Waals surface area contributed by atoms with Gasteiger partial charge in [0, 0.05) is 18.7 Å². The lowest BCUT2D eigenvalue weighted by atomic mass is 10.1. The van der Waals surface area contributed by atoms with Crippen LogP contribution >= 0.6 is 0 Å². The molecule has 19 heavy (non-hydrogen) atoms. The van der Waals surface area contributed by atoms with Crippen LogP contribution < -0.4 is 9.47 Å². The van der Waals surface area contributed by atoms with Crippen molar-refractivity contribution in [3.8, 4) is 11.5 Å². The summed E-state index contributed by atoms with van der Waals surface area (Å²) in [4.78, 5) is 14.2. The highest BCUT2D eigenvalue weighted by Crippen LogP contribution is 2.35. The van der Waals surface area contributed by atoms with Crippen molar-refractivity contribution in [2.75, 3.05) is 13.7 Å². The topological polar surface area (TPSA) is 38.8 Å². The molecule has 0 radical (unpaired) electrons. The van der Waals surface area contributed by atoms with Gasteiger partial charge < -0.3 is 14.4 Å². The van der Waals surface area contributed by atoms with Gasteiger partial charge in [-0.05, 0) is 18.9 Å². The molecular weight excluding hydrogens is 242 g/mol. The minimum Gasteiger partial charge on any atom is -0.493 e. The van der Waals surface area contributed by atoms with Gasteiger partial charge in [-0.25, -0.2) is 0 Å². The van der Waals surface area contributed by atoms with Crippen LogP contribution in [0.1, 0.15) is 26.3 Å². The quantitative estimate of drug-likeness (QED) is 0.841. The van der Waals surface area contributed by atoms with Crippen LogP contribution in [0.5, 0.6) is 11.5 Å². The van der Waals surface area contributed by atoms with Gasteiger partial charge in [-0.3, -0.25) is 4.79 Å². The SMILES string of the molecule is COc1cccc2c1O[C@@H](C)C(=O)N(CC(C)C)C2. The van der Waals surface area contributed by atoms with E-state index in [1.165, 1.54) is 0 Å². The molecule has 0 aliphatic carbocycles. The molecule has 0 spiro atoms. The van der Waals surface area contributed by atoms with Crippen molar-refractivity contribution in [1.82, 2.24) is 4.90 Å². The van der Waals surface area contributed by atoms with E-state index in [4.69, 9.17) is 9.47 Å². The van der Waals surface area contributed by atoms with E-state index in [2.05, 4.69) is 13.8 Å². The molecule has 1 aliphatic heterocycles. The van der Waals surface area contributed by atoms with Crippen LogP contribution in [0, 0.1) is 5.92 Å². The summed E-state index contributed by atoms with van der Waals surface area (Å²) < 4.78 is 11.1. The molecule has 2 rings (SSSR count). The van der Waals surface area contributed by atoms with Crippen molar-refractivity contribution >= 4 is 5.91 Å². The first kappa shape index (κ1) is 13.7. The van der Waals surface area contributed by atoms with Gasteiger partial charge in [-0.15, -0.1) is 0 Å². The van der Waals surface area contributed by atoms with Gasteiger partial charge in [0.25, 0.3) is 5.91 Å². The van der Waals surface area contributed by atoms with Crippen molar-refractivity contribution in [3.05, 3.63) is 23.8 Å². The molecule has 0 saturated heterocycles. The van der Waals surface area contributed by atoms with E-state index in [-0.39, 0.29) is 5.91 Å². The Balaban J connectivity index is 2.37. The molecule has 0 unspecified atom stereocenters. The number of methoxy groups -OCH3 is 1. The molecule has 0 fully saturated rings. The summed E-state index contributed by atoms with van der Waals surface area (Å²) in [6, 6.07) is 5.76. The first-order chi connectivity index (χ1) is 9.02. The van der Waals surface area contributed by atoms with Gasteiger partial charge in [0.05, 0.1) is 7.11 Å². The maximum absolute atomic E-state index is 12.3. The Morgan fingerprint density at radius 1 is 1.47 bits per heavy atom. The fraction of sp³-hybridized carbons (Fsp3) is 0.533. The number of para-hydroxylation sites is 1. The number of amides is 1. The Labute approximate surface area is 114 Å². The summed E-state index contributed by atoms with van der Waals surface area (Å²) in [5.41, 5.74) is 0.998. The number of carbonyl (C=O) groups is 1. The Bertz CT molecular complexity index is 470. The lowest BCUT2D eigenvalue weighted by Crippen LogP contribution is -2.39. The molecule has 1 atom stereocenters. The molecule has 0 aromatic heterocycles. The zero-order valence-corrected chi connectivity index (χ0v) is 12.0. The highest BCUT2D eigenvalue weighted by Gasteiger charge is 2.29. The van der Waals surface area contributed by atoms with Crippen LogP contribution in [0.15, 0.2) is 18.2 Å². The van der Waals surface area contributed by atoms with E-state index in [1.54, 1.807) is 14.0 Å². The second-order valence-corrected chi connectivity index (χ2v) is 5.32. The van der Waals surface area contributed by atoms with Gasteiger partial charge in [0.1, 0.15) is 0 Å². The third kappa shape index (κ3) is 2.83. The zero-order chi connectivity index (χ0) is 14.0.